The molecule has 1 aliphatic rings. The molecule has 8 nitrogen and oxygen atoms in total. The summed E-state index contributed by atoms with van der Waals surface area (Å²) in [5.74, 6) is 4.25. The largest absolute Gasteiger partial charge is 0.337 e. The molecule has 0 atom stereocenters. The third kappa shape index (κ3) is 3.80. The fourth-order valence-corrected chi connectivity index (χ4v) is 3.03. The minimum atomic E-state index is -0.187. The summed E-state index contributed by atoms with van der Waals surface area (Å²) in [6, 6.07) is 12.3. The van der Waals surface area contributed by atoms with Gasteiger partial charge in [-0.25, -0.2) is 9.78 Å². The van der Waals surface area contributed by atoms with Gasteiger partial charge in [0.25, 0.3) is 0 Å². The molecule has 0 aliphatic carbocycles. The van der Waals surface area contributed by atoms with Gasteiger partial charge in [-0.15, -0.1) is 10.2 Å². The van der Waals surface area contributed by atoms with Gasteiger partial charge in [-0.3, -0.25) is 14.8 Å². The van der Waals surface area contributed by atoms with Gasteiger partial charge < -0.3 is 4.57 Å². The molecular weight excluding hydrogens is 366 g/mol. The van der Waals surface area contributed by atoms with Crippen molar-refractivity contribution in [2.45, 2.75) is 26.8 Å². The van der Waals surface area contributed by atoms with E-state index in [1.165, 1.54) is 4.90 Å². The Kier molecular flexibility index (Phi) is 4.96. The van der Waals surface area contributed by atoms with Gasteiger partial charge >= 0.3 is 6.03 Å². The summed E-state index contributed by atoms with van der Waals surface area (Å²) in [5.41, 5.74) is 2.38. The van der Waals surface area contributed by atoms with Crippen LogP contribution < -0.4 is 4.90 Å². The lowest BCUT2D eigenvalue weighted by atomic mass is 10.3. The maximum Gasteiger partial charge on any atom is 0.337 e. The number of aryl methyl sites for hydroxylation is 1. The third-order valence-electron chi connectivity index (χ3n) is 4.63. The van der Waals surface area contributed by atoms with E-state index >= 15 is 0 Å². The number of pyridine rings is 2. The number of carbonyl (C=O) groups excluding carboxylic acids is 1. The van der Waals surface area contributed by atoms with Crippen LogP contribution in [-0.4, -0.2) is 48.8 Å². The summed E-state index contributed by atoms with van der Waals surface area (Å²) >= 11 is 0. The number of nitrogens with zero attached hydrogens (tertiary/aromatic N) is 7. The average molecular weight is 387 g/mol. The Balaban J connectivity index is 1.55. The molecule has 4 heterocycles. The highest BCUT2D eigenvalue weighted by Gasteiger charge is 2.30. The Morgan fingerprint density at radius 3 is 2.76 bits per heavy atom. The van der Waals surface area contributed by atoms with Gasteiger partial charge in [0.15, 0.2) is 5.82 Å². The van der Waals surface area contributed by atoms with Gasteiger partial charge in [0, 0.05) is 36.1 Å². The predicted molar refractivity (Wildman–Crippen MR) is 109 cm³/mol. The number of rotatable bonds is 3. The number of urea groups is 1. The molecule has 0 spiro atoms. The van der Waals surface area contributed by atoms with Crippen LogP contribution in [0.15, 0.2) is 42.9 Å². The highest BCUT2D eigenvalue weighted by atomic mass is 16.2. The predicted octanol–water partition coefficient (Wildman–Crippen LogP) is 2.88. The van der Waals surface area contributed by atoms with Crippen LogP contribution in [0.3, 0.4) is 0 Å². The van der Waals surface area contributed by atoms with Crippen LogP contribution >= 0.6 is 0 Å². The molecule has 0 radical (unpaired) electrons. The molecule has 0 saturated carbocycles. The van der Waals surface area contributed by atoms with Crippen LogP contribution in [0, 0.1) is 18.9 Å². The first-order valence-corrected chi connectivity index (χ1v) is 9.43. The summed E-state index contributed by atoms with van der Waals surface area (Å²) in [4.78, 5) is 24.8. The third-order valence-corrected chi connectivity index (χ3v) is 4.63. The summed E-state index contributed by atoms with van der Waals surface area (Å²) in [5, 5.41) is 8.18. The van der Waals surface area contributed by atoms with E-state index in [4.69, 9.17) is 0 Å². The van der Waals surface area contributed by atoms with Gasteiger partial charge in [0.1, 0.15) is 17.8 Å². The van der Waals surface area contributed by atoms with Crippen molar-refractivity contribution in [3.8, 4) is 23.5 Å². The molecule has 0 unspecified atom stereocenters. The van der Waals surface area contributed by atoms with Crippen molar-refractivity contribution >= 4 is 11.8 Å². The van der Waals surface area contributed by atoms with Gasteiger partial charge in [-0.1, -0.05) is 6.07 Å². The first-order valence-electron chi connectivity index (χ1n) is 9.43. The average Bonchev–Trinajstić information content (AvgIpc) is 3.35. The van der Waals surface area contributed by atoms with Gasteiger partial charge in [-0.05, 0) is 51.0 Å². The molecule has 3 aromatic heterocycles. The molecule has 2 amide bonds. The second-order valence-electron chi connectivity index (χ2n) is 7.05. The van der Waals surface area contributed by atoms with Crippen LogP contribution in [0.25, 0.3) is 11.5 Å². The van der Waals surface area contributed by atoms with Crippen LogP contribution in [0.1, 0.15) is 31.1 Å². The molecule has 1 aliphatic heterocycles. The Hall–Kier alpha value is -3.73. The monoisotopic (exact) mass is 387 g/mol. The number of amides is 2. The molecule has 8 heteroatoms. The first kappa shape index (κ1) is 18.6. The Morgan fingerprint density at radius 1 is 1.14 bits per heavy atom. The molecule has 0 aromatic carbocycles. The lowest BCUT2D eigenvalue weighted by Gasteiger charge is -2.16. The van der Waals surface area contributed by atoms with Crippen LogP contribution in [0.2, 0.25) is 0 Å². The molecule has 1 saturated heterocycles. The van der Waals surface area contributed by atoms with E-state index in [0.29, 0.717) is 30.4 Å². The van der Waals surface area contributed by atoms with E-state index in [2.05, 4.69) is 46.0 Å². The van der Waals surface area contributed by atoms with E-state index in [0.717, 1.165) is 11.3 Å². The number of carbonyl (C=O) groups is 1. The number of hydrogen-bond acceptors (Lipinski definition) is 5. The van der Waals surface area contributed by atoms with E-state index in [1.54, 1.807) is 17.4 Å². The summed E-state index contributed by atoms with van der Waals surface area (Å²) in [7, 11) is 0. The number of hydrogen-bond donors (Lipinski definition) is 0. The van der Waals surface area contributed by atoms with E-state index < -0.39 is 0 Å². The van der Waals surface area contributed by atoms with Crippen LogP contribution in [0.4, 0.5) is 10.6 Å². The Morgan fingerprint density at radius 2 is 2.00 bits per heavy atom. The minimum absolute atomic E-state index is 0.187. The molecule has 4 rings (SSSR count). The topological polar surface area (TPSA) is 80.0 Å². The Bertz CT molecular complexity index is 1090. The molecule has 3 aromatic rings. The van der Waals surface area contributed by atoms with Crippen molar-refractivity contribution in [1.82, 2.24) is 29.6 Å². The highest BCUT2D eigenvalue weighted by Crippen LogP contribution is 2.23. The fraction of sp³-hybridized carbons (Fsp3) is 0.286. The maximum absolute atomic E-state index is 12.8. The smallest absolute Gasteiger partial charge is 0.310 e. The number of aromatic nitrogens is 5. The summed E-state index contributed by atoms with van der Waals surface area (Å²) in [6.45, 7) is 7.07. The van der Waals surface area contributed by atoms with Crippen LogP contribution in [-0.2, 0) is 0 Å². The first-order chi connectivity index (χ1) is 14.0. The lowest BCUT2D eigenvalue weighted by Crippen LogP contribution is -2.29. The van der Waals surface area contributed by atoms with Crippen molar-refractivity contribution in [2.24, 2.45) is 0 Å². The molecule has 0 N–H and O–H groups in total. The van der Waals surface area contributed by atoms with Crippen LogP contribution in [0.5, 0.6) is 0 Å². The molecule has 1 fully saturated rings. The zero-order chi connectivity index (χ0) is 20.4. The van der Waals surface area contributed by atoms with E-state index in [-0.39, 0.29) is 12.1 Å². The van der Waals surface area contributed by atoms with Crippen molar-refractivity contribution in [2.75, 3.05) is 18.0 Å². The van der Waals surface area contributed by atoms with E-state index in [9.17, 15) is 4.79 Å². The van der Waals surface area contributed by atoms with E-state index in [1.807, 2.05) is 41.8 Å². The summed E-state index contributed by atoms with van der Waals surface area (Å²) in [6.07, 6.45) is 3.39. The fourth-order valence-electron chi connectivity index (χ4n) is 3.03. The zero-order valence-corrected chi connectivity index (χ0v) is 16.6. The molecular formula is C21H21N7O. The van der Waals surface area contributed by atoms with Crippen molar-refractivity contribution in [1.29, 1.82) is 0 Å². The standard InChI is InChI=1S/C21H21N7O/c1-15(2)28-14-23-25-20(28)18-5-4-6-19(24-18)27-12-11-26(21(27)29)10-9-17-8-7-16(3)22-13-17/h4-8,13-15H,11-12H2,1-3H3. The van der Waals surface area contributed by atoms with Crippen molar-refractivity contribution in [3.05, 3.63) is 54.1 Å². The quantitative estimate of drug-likeness (QED) is 0.646. The molecule has 146 valence electrons. The highest BCUT2D eigenvalue weighted by molar-refractivity contribution is 5.94. The second kappa shape index (κ2) is 7.72. The maximum atomic E-state index is 12.8. The van der Waals surface area contributed by atoms with Gasteiger partial charge in [-0.2, -0.15) is 0 Å². The zero-order valence-electron chi connectivity index (χ0n) is 16.6. The minimum Gasteiger partial charge on any atom is -0.310 e. The van der Waals surface area contributed by atoms with Crippen molar-refractivity contribution in [3.63, 3.8) is 0 Å². The van der Waals surface area contributed by atoms with Gasteiger partial charge in [0.2, 0.25) is 0 Å². The number of anilines is 1. The normalized spacial score (nSPS) is 13.7. The summed E-state index contributed by atoms with van der Waals surface area (Å²) < 4.78 is 1.95. The second-order valence-corrected chi connectivity index (χ2v) is 7.05. The Labute approximate surface area is 169 Å². The van der Waals surface area contributed by atoms with Crippen molar-refractivity contribution < 1.29 is 4.79 Å². The van der Waals surface area contributed by atoms with Gasteiger partial charge in [0.05, 0.1) is 6.54 Å². The molecule has 29 heavy (non-hydrogen) atoms. The SMILES string of the molecule is Cc1ccc(C#CN2CCN(c3cccc(-c4nncn4C(C)C)n3)C2=O)cn1. The molecule has 0 bridgehead atoms. The lowest BCUT2D eigenvalue weighted by molar-refractivity contribution is 0.236.